The van der Waals surface area contributed by atoms with Crippen molar-refractivity contribution in [2.45, 2.75) is 51.0 Å². The number of aryl methyl sites for hydroxylation is 1. The van der Waals surface area contributed by atoms with Gasteiger partial charge in [0.05, 0.1) is 4.88 Å². The van der Waals surface area contributed by atoms with Crippen molar-refractivity contribution in [2.24, 2.45) is 17.8 Å². The van der Waals surface area contributed by atoms with Crippen LogP contribution in [0, 0.1) is 24.7 Å². The van der Waals surface area contributed by atoms with Crippen LogP contribution < -0.4 is 10.6 Å². The molecule has 27 heavy (non-hydrogen) atoms. The molecule has 2 amide bonds. The number of carbonyl (C=O) groups excluding carboxylic acids is 3. The maximum absolute atomic E-state index is 12.3. The van der Waals surface area contributed by atoms with Gasteiger partial charge in [-0.2, -0.15) is 0 Å². The van der Waals surface area contributed by atoms with Crippen LogP contribution in [0.25, 0.3) is 0 Å². The highest BCUT2D eigenvalue weighted by molar-refractivity contribution is 7.13. The van der Waals surface area contributed by atoms with E-state index in [1.54, 1.807) is 6.07 Å². The minimum absolute atomic E-state index is 0.0799. The molecule has 0 saturated heterocycles. The van der Waals surface area contributed by atoms with Gasteiger partial charge in [-0.25, -0.2) is 0 Å². The number of rotatable bonds is 6. The fraction of sp³-hybridized carbons (Fsp3) is 0.650. The van der Waals surface area contributed by atoms with Crippen molar-refractivity contribution < 1.29 is 19.1 Å². The number of amides is 2. The minimum Gasteiger partial charge on any atom is -0.454 e. The largest absolute Gasteiger partial charge is 0.454 e. The predicted molar refractivity (Wildman–Crippen MR) is 101 cm³/mol. The monoisotopic (exact) mass is 390 g/mol. The summed E-state index contributed by atoms with van der Waals surface area (Å²) >= 11 is 1.37. The number of ether oxygens (including phenoxy) is 1. The van der Waals surface area contributed by atoms with Gasteiger partial charge in [-0.3, -0.25) is 14.4 Å². The molecule has 0 aromatic carbocycles. The zero-order chi connectivity index (χ0) is 19.0. The molecule has 4 saturated carbocycles. The number of esters is 1. The summed E-state index contributed by atoms with van der Waals surface area (Å²) in [5, 5.41) is 5.70. The molecule has 4 fully saturated rings. The smallest absolute Gasteiger partial charge is 0.325 e. The fourth-order valence-corrected chi connectivity index (χ4v) is 6.37. The molecular weight excluding hydrogens is 364 g/mol. The highest BCUT2D eigenvalue weighted by Gasteiger charge is 2.51. The zero-order valence-corrected chi connectivity index (χ0v) is 16.4. The first-order valence-corrected chi connectivity index (χ1v) is 10.5. The second kappa shape index (κ2) is 7.26. The summed E-state index contributed by atoms with van der Waals surface area (Å²) in [6.07, 6.45) is 7.13. The van der Waals surface area contributed by atoms with Gasteiger partial charge in [0.25, 0.3) is 11.8 Å². The summed E-state index contributed by atoms with van der Waals surface area (Å²) in [7, 11) is 0. The Morgan fingerprint density at radius 2 is 1.74 bits per heavy atom. The third kappa shape index (κ3) is 4.18. The number of hydrogen-bond donors (Lipinski definition) is 2. The van der Waals surface area contributed by atoms with Crippen LogP contribution in [0.1, 0.15) is 53.1 Å². The maximum Gasteiger partial charge on any atom is 0.325 e. The van der Waals surface area contributed by atoms with Gasteiger partial charge < -0.3 is 15.4 Å². The standard InChI is InChI=1S/C20H26N2O4S/c1-12-2-3-16(27-12)19(25)21-10-18(24)26-11-17(23)22-20-7-13-4-14(8-20)6-15(5-13)9-20/h2-3,13-15H,4-11H2,1H3,(H,21,25)(H,22,23). The van der Waals surface area contributed by atoms with Crippen molar-refractivity contribution in [3.8, 4) is 0 Å². The topological polar surface area (TPSA) is 84.5 Å². The zero-order valence-electron chi connectivity index (χ0n) is 15.6. The highest BCUT2D eigenvalue weighted by atomic mass is 32.1. The van der Waals surface area contributed by atoms with Crippen LogP contribution >= 0.6 is 11.3 Å². The normalized spacial score (nSPS) is 30.8. The van der Waals surface area contributed by atoms with E-state index in [1.165, 1.54) is 30.6 Å². The molecule has 1 aromatic rings. The highest BCUT2D eigenvalue weighted by Crippen LogP contribution is 2.55. The molecule has 4 aliphatic rings. The van der Waals surface area contributed by atoms with E-state index in [9.17, 15) is 14.4 Å². The van der Waals surface area contributed by atoms with Crippen molar-refractivity contribution >= 4 is 29.1 Å². The van der Waals surface area contributed by atoms with Gasteiger partial charge >= 0.3 is 5.97 Å². The van der Waals surface area contributed by atoms with Gasteiger partial charge in [-0.15, -0.1) is 11.3 Å². The second-order valence-corrected chi connectivity index (χ2v) is 9.79. The Bertz CT molecular complexity index is 722. The van der Waals surface area contributed by atoms with E-state index < -0.39 is 5.97 Å². The van der Waals surface area contributed by atoms with Crippen LogP contribution in [-0.2, 0) is 14.3 Å². The van der Waals surface area contributed by atoms with E-state index in [-0.39, 0.29) is 30.5 Å². The van der Waals surface area contributed by atoms with Crippen molar-refractivity contribution in [3.63, 3.8) is 0 Å². The summed E-state index contributed by atoms with van der Waals surface area (Å²) in [6.45, 7) is 1.40. The van der Waals surface area contributed by atoms with Gasteiger partial charge in [0.1, 0.15) is 6.54 Å². The van der Waals surface area contributed by atoms with Crippen LogP contribution in [0.4, 0.5) is 0 Å². The minimum atomic E-state index is -0.600. The predicted octanol–water partition coefficient (Wildman–Crippen LogP) is 2.41. The summed E-state index contributed by atoms with van der Waals surface area (Å²) in [6, 6.07) is 3.58. The Morgan fingerprint density at radius 1 is 1.11 bits per heavy atom. The number of hydrogen-bond acceptors (Lipinski definition) is 5. The van der Waals surface area contributed by atoms with Gasteiger partial charge in [-0.1, -0.05) is 0 Å². The molecular formula is C20H26N2O4S. The SMILES string of the molecule is Cc1ccc(C(=O)NCC(=O)OCC(=O)NC23CC4CC(CC(C4)C2)C3)s1. The van der Waals surface area contributed by atoms with Crippen molar-refractivity contribution in [3.05, 3.63) is 21.9 Å². The maximum atomic E-state index is 12.3. The Balaban J connectivity index is 1.20. The summed E-state index contributed by atoms with van der Waals surface area (Å²) < 4.78 is 5.05. The summed E-state index contributed by atoms with van der Waals surface area (Å²) in [5.74, 6) is 1.10. The van der Waals surface area contributed by atoms with Gasteiger partial charge in [0.15, 0.2) is 6.61 Å². The quantitative estimate of drug-likeness (QED) is 0.731. The number of carbonyl (C=O) groups is 3. The Kier molecular flexibility index (Phi) is 4.97. The molecule has 0 spiro atoms. The molecule has 5 rings (SSSR count). The molecule has 0 radical (unpaired) electrons. The van der Waals surface area contributed by atoms with Gasteiger partial charge in [0, 0.05) is 10.4 Å². The Labute approximate surface area is 163 Å². The molecule has 1 heterocycles. The fourth-order valence-electron chi connectivity index (χ4n) is 5.59. The van der Waals surface area contributed by atoms with Gasteiger partial charge in [-0.05, 0) is 75.3 Å². The molecule has 1 aromatic heterocycles. The summed E-state index contributed by atoms with van der Waals surface area (Å²) in [4.78, 5) is 37.7. The van der Waals surface area contributed by atoms with Crippen LogP contribution in [0.15, 0.2) is 12.1 Å². The van der Waals surface area contributed by atoms with Crippen LogP contribution in [0.2, 0.25) is 0 Å². The van der Waals surface area contributed by atoms with Crippen LogP contribution in [0.3, 0.4) is 0 Å². The molecule has 0 unspecified atom stereocenters. The summed E-state index contributed by atoms with van der Waals surface area (Å²) in [5.41, 5.74) is -0.0799. The number of thiophene rings is 1. The molecule has 146 valence electrons. The Morgan fingerprint density at radius 3 is 2.30 bits per heavy atom. The molecule has 4 bridgehead atoms. The lowest BCUT2D eigenvalue weighted by Crippen LogP contribution is -2.60. The van der Waals surface area contributed by atoms with E-state index in [4.69, 9.17) is 4.74 Å². The van der Waals surface area contributed by atoms with E-state index in [1.807, 2.05) is 13.0 Å². The van der Waals surface area contributed by atoms with E-state index in [2.05, 4.69) is 10.6 Å². The molecule has 0 aliphatic heterocycles. The Hall–Kier alpha value is -1.89. The molecule has 2 N–H and O–H groups in total. The lowest BCUT2D eigenvalue weighted by atomic mass is 9.53. The third-order valence-electron chi connectivity index (χ3n) is 6.16. The molecule has 6 nitrogen and oxygen atoms in total. The molecule has 4 aliphatic carbocycles. The average Bonchev–Trinajstić information content (AvgIpc) is 3.03. The first-order valence-electron chi connectivity index (χ1n) is 9.72. The first-order chi connectivity index (χ1) is 12.9. The van der Waals surface area contributed by atoms with Gasteiger partial charge in [0.2, 0.25) is 0 Å². The van der Waals surface area contributed by atoms with Crippen LogP contribution in [-0.4, -0.2) is 36.5 Å². The second-order valence-electron chi connectivity index (χ2n) is 8.50. The van der Waals surface area contributed by atoms with E-state index in [0.29, 0.717) is 4.88 Å². The van der Waals surface area contributed by atoms with Crippen molar-refractivity contribution in [1.82, 2.24) is 10.6 Å². The molecule has 7 heteroatoms. The lowest BCUT2D eigenvalue weighted by Gasteiger charge is -2.56. The number of nitrogens with one attached hydrogen (secondary N) is 2. The van der Waals surface area contributed by atoms with Crippen molar-refractivity contribution in [2.75, 3.05) is 13.2 Å². The third-order valence-corrected chi connectivity index (χ3v) is 7.16. The first kappa shape index (κ1) is 18.5. The van der Waals surface area contributed by atoms with E-state index in [0.717, 1.165) is 41.9 Å². The van der Waals surface area contributed by atoms with Crippen LogP contribution in [0.5, 0.6) is 0 Å². The average molecular weight is 391 g/mol. The molecule has 0 atom stereocenters. The van der Waals surface area contributed by atoms with Crippen molar-refractivity contribution in [1.29, 1.82) is 0 Å². The van der Waals surface area contributed by atoms with E-state index >= 15 is 0 Å². The lowest BCUT2D eigenvalue weighted by molar-refractivity contribution is -0.149.